The second-order valence-corrected chi connectivity index (χ2v) is 4.68. The van der Waals surface area contributed by atoms with Crippen molar-refractivity contribution in [3.8, 4) is 5.82 Å². The Balaban J connectivity index is 1.77. The zero-order valence-electron chi connectivity index (χ0n) is 12.1. The summed E-state index contributed by atoms with van der Waals surface area (Å²) in [5.41, 5.74) is 1.75. The van der Waals surface area contributed by atoms with Gasteiger partial charge in [0.15, 0.2) is 11.5 Å². The van der Waals surface area contributed by atoms with E-state index in [0.717, 1.165) is 11.4 Å². The minimum absolute atomic E-state index is 0.187. The number of hydrogen-bond donors (Lipinski definition) is 1. The number of nitrogens with one attached hydrogen (secondary N) is 1. The molecule has 0 unspecified atom stereocenters. The third-order valence-corrected chi connectivity index (χ3v) is 2.86. The average Bonchev–Trinajstić information content (AvgIpc) is 3.00. The molecule has 0 atom stereocenters. The highest BCUT2D eigenvalue weighted by Crippen LogP contribution is 2.07. The summed E-state index contributed by atoms with van der Waals surface area (Å²) in [6.07, 6.45) is 4.99. The van der Waals surface area contributed by atoms with Crippen LogP contribution in [-0.2, 0) is 0 Å². The van der Waals surface area contributed by atoms with Crippen LogP contribution in [0.5, 0.6) is 0 Å². The van der Waals surface area contributed by atoms with Crippen molar-refractivity contribution >= 4 is 11.9 Å². The smallest absolute Gasteiger partial charge is 0.278 e. The number of rotatable bonds is 3. The largest absolute Gasteiger partial charge is 0.289 e. The van der Waals surface area contributed by atoms with Gasteiger partial charge in [-0.2, -0.15) is 0 Å². The van der Waals surface area contributed by atoms with Crippen molar-refractivity contribution in [2.75, 3.05) is 5.32 Å². The lowest BCUT2D eigenvalue weighted by molar-refractivity contribution is 0.102. The van der Waals surface area contributed by atoms with Gasteiger partial charge in [0.2, 0.25) is 5.95 Å². The number of nitrogens with zero attached hydrogens (tertiary/aromatic N) is 6. The Morgan fingerprint density at radius 3 is 2.50 bits per heavy atom. The van der Waals surface area contributed by atoms with E-state index in [4.69, 9.17) is 0 Å². The summed E-state index contributed by atoms with van der Waals surface area (Å²) in [6, 6.07) is 5.10. The zero-order valence-corrected chi connectivity index (χ0v) is 12.1. The number of imidazole rings is 1. The van der Waals surface area contributed by atoms with Crippen LogP contribution in [0.1, 0.15) is 21.9 Å². The predicted octanol–water partition coefficient (Wildman–Crippen LogP) is 1.32. The molecule has 0 saturated carbocycles. The van der Waals surface area contributed by atoms with Crippen LogP contribution in [0.15, 0.2) is 36.9 Å². The maximum atomic E-state index is 12.1. The van der Waals surface area contributed by atoms with E-state index in [9.17, 15) is 4.79 Å². The van der Waals surface area contributed by atoms with Gasteiger partial charge in [-0.15, -0.1) is 10.2 Å². The molecule has 0 aliphatic carbocycles. The molecule has 3 heterocycles. The minimum Gasteiger partial charge on any atom is -0.289 e. The number of hydrogen-bond acceptors (Lipinski definition) is 6. The average molecular weight is 295 g/mol. The van der Waals surface area contributed by atoms with Crippen LogP contribution < -0.4 is 5.32 Å². The summed E-state index contributed by atoms with van der Waals surface area (Å²) < 4.78 is 1.70. The standard InChI is InChI=1S/C14H13N7O/c1-9-7-10(2)17-14(16-9)18-13(22)11-3-4-12(20-19-11)21-6-5-15-8-21/h3-8H,1-2H3,(H,16,17,18,22). The van der Waals surface area contributed by atoms with Gasteiger partial charge >= 0.3 is 0 Å². The third-order valence-electron chi connectivity index (χ3n) is 2.86. The lowest BCUT2D eigenvalue weighted by atomic mass is 10.3. The van der Waals surface area contributed by atoms with E-state index >= 15 is 0 Å². The highest BCUT2D eigenvalue weighted by atomic mass is 16.2. The fourth-order valence-corrected chi connectivity index (χ4v) is 1.93. The molecule has 22 heavy (non-hydrogen) atoms. The molecule has 0 radical (unpaired) electrons. The molecular weight excluding hydrogens is 282 g/mol. The van der Waals surface area contributed by atoms with Gasteiger partial charge in [0, 0.05) is 23.8 Å². The van der Waals surface area contributed by atoms with Crippen LogP contribution in [0, 0.1) is 13.8 Å². The van der Waals surface area contributed by atoms with Gasteiger partial charge < -0.3 is 0 Å². The fourth-order valence-electron chi connectivity index (χ4n) is 1.93. The molecule has 1 N–H and O–H groups in total. The third kappa shape index (κ3) is 2.95. The lowest BCUT2D eigenvalue weighted by Gasteiger charge is -2.05. The van der Waals surface area contributed by atoms with E-state index in [1.54, 1.807) is 35.4 Å². The summed E-state index contributed by atoms with van der Waals surface area (Å²) in [5.74, 6) is 0.425. The van der Waals surface area contributed by atoms with Gasteiger partial charge in [-0.25, -0.2) is 15.0 Å². The first-order valence-corrected chi connectivity index (χ1v) is 6.57. The van der Waals surface area contributed by atoms with Gasteiger partial charge in [0.1, 0.15) is 6.33 Å². The second-order valence-electron chi connectivity index (χ2n) is 4.68. The Labute approximate surface area is 126 Å². The Morgan fingerprint density at radius 1 is 1.14 bits per heavy atom. The van der Waals surface area contributed by atoms with E-state index in [1.807, 2.05) is 19.9 Å². The number of carbonyl (C=O) groups excluding carboxylic acids is 1. The van der Waals surface area contributed by atoms with Crippen LogP contribution in [0.4, 0.5) is 5.95 Å². The molecule has 0 bridgehead atoms. The molecular formula is C14H13N7O. The molecule has 110 valence electrons. The van der Waals surface area contributed by atoms with Gasteiger partial charge in [0.05, 0.1) is 0 Å². The Morgan fingerprint density at radius 2 is 1.91 bits per heavy atom. The van der Waals surface area contributed by atoms with E-state index in [-0.39, 0.29) is 11.6 Å². The molecule has 0 spiro atoms. The molecule has 0 aliphatic heterocycles. The van der Waals surface area contributed by atoms with E-state index in [1.165, 1.54) is 0 Å². The maximum Gasteiger partial charge on any atom is 0.278 e. The van der Waals surface area contributed by atoms with E-state index in [0.29, 0.717) is 5.82 Å². The SMILES string of the molecule is Cc1cc(C)nc(NC(=O)c2ccc(-n3ccnc3)nn2)n1. The van der Waals surface area contributed by atoms with Gasteiger partial charge in [-0.1, -0.05) is 0 Å². The molecule has 3 aromatic rings. The highest BCUT2D eigenvalue weighted by molar-refractivity contribution is 6.01. The Kier molecular flexibility index (Phi) is 3.57. The molecule has 0 aliphatic rings. The molecule has 0 saturated heterocycles. The van der Waals surface area contributed by atoms with Crippen molar-refractivity contribution in [3.63, 3.8) is 0 Å². The van der Waals surface area contributed by atoms with Crippen LogP contribution in [-0.4, -0.2) is 35.6 Å². The monoisotopic (exact) mass is 295 g/mol. The first-order chi connectivity index (χ1) is 10.6. The molecule has 3 rings (SSSR count). The number of anilines is 1. The van der Waals surface area contributed by atoms with Crippen molar-refractivity contribution in [3.05, 3.63) is 54.0 Å². The molecule has 3 aromatic heterocycles. The summed E-state index contributed by atoms with van der Waals surface area (Å²) in [7, 11) is 0. The second kappa shape index (κ2) is 5.68. The zero-order chi connectivity index (χ0) is 15.5. The van der Waals surface area contributed by atoms with Crippen molar-refractivity contribution in [2.45, 2.75) is 13.8 Å². The summed E-state index contributed by atoms with van der Waals surface area (Å²) in [5, 5.41) is 10.5. The molecule has 1 amide bonds. The van der Waals surface area contributed by atoms with Crippen molar-refractivity contribution in [1.82, 2.24) is 29.7 Å². The summed E-state index contributed by atoms with van der Waals surface area (Å²) in [6.45, 7) is 3.67. The van der Waals surface area contributed by atoms with Gasteiger partial charge in [0.25, 0.3) is 5.91 Å². The minimum atomic E-state index is -0.408. The molecule has 0 aromatic carbocycles. The van der Waals surface area contributed by atoms with E-state index < -0.39 is 5.91 Å². The van der Waals surface area contributed by atoms with Gasteiger partial charge in [-0.05, 0) is 32.0 Å². The number of aryl methyl sites for hydroxylation is 2. The fraction of sp³-hybridized carbons (Fsp3) is 0.143. The number of carbonyl (C=O) groups is 1. The van der Waals surface area contributed by atoms with Crippen LogP contribution >= 0.6 is 0 Å². The molecule has 8 nitrogen and oxygen atoms in total. The van der Waals surface area contributed by atoms with Crippen LogP contribution in [0.3, 0.4) is 0 Å². The summed E-state index contributed by atoms with van der Waals surface area (Å²) >= 11 is 0. The maximum absolute atomic E-state index is 12.1. The van der Waals surface area contributed by atoms with E-state index in [2.05, 4.69) is 30.5 Å². The van der Waals surface area contributed by atoms with Crippen LogP contribution in [0.25, 0.3) is 5.82 Å². The quantitative estimate of drug-likeness (QED) is 0.782. The topological polar surface area (TPSA) is 98.5 Å². The highest BCUT2D eigenvalue weighted by Gasteiger charge is 2.11. The Bertz CT molecular complexity index is 776. The summed E-state index contributed by atoms with van der Waals surface area (Å²) in [4.78, 5) is 24.4. The predicted molar refractivity (Wildman–Crippen MR) is 78.6 cm³/mol. The Hall–Kier alpha value is -3.16. The molecule has 0 fully saturated rings. The number of amides is 1. The van der Waals surface area contributed by atoms with Crippen LogP contribution in [0.2, 0.25) is 0 Å². The normalized spacial score (nSPS) is 10.5. The van der Waals surface area contributed by atoms with Crippen molar-refractivity contribution in [2.24, 2.45) is 0 Å². The van der Waals surface area contributed by atoms with Crippen molar-refractivity contribution in [1.29, 1.82) is 0 Å². The lowest BCUT2D eigenvalue weighted by Crippen LogP contribution is -2.17. The first kappa shape index (κ1) is 13.8. The van der Waals surface area contributed by atoms with Crippen molar-refractivity contribution < 1.29 is 4.79 Å². The number of aromatic nitrogens is 6. The first-order valence-electron chi connectivity index (χ1n) is 6.57. The van der Waals surface area contributed by atoms with Gasteiger partial charge in [-0.3, -0.25) is 14.7 Å². The molecule has 8 heteroatoms.